The molecule has 2 heterocycles. The van der Waals surface area contributed by atoms with Crippen LogP contribution < -0.4 is 11.1 Å². The van der Waals surface area contributed by atoms with E-state index < -0.39 is 0 Å². The summed E-state index contributed by atoms with van der Waals surface area (Å²) in [5, 5.41) is 2.75. The largest absolute Gasteiger partial charge is 0.467 e. The molecule has 0 aliphatic rings. The smallest absolute Gasteiger partial charge is 0.251 e. The van der Waals surface area contributed by atoms with Gasteiger partial charge in [-0.05, 0) is 24.3 Å². The SMILES string of the molecule is NCc1cc(C(=O)NCc2ccco2)ccn1. The lowest BCUT2D eigenvalue weighted by Crippen LogP contribution is -2.22. The third kappa shape index (κ3) is 2.92. The van der Waals surface area contributed by atoms with Gasteiger partial charge in [0, 0.05) is 18.3 Å². The first kappa shape index (κ1) is 11.3. The molecule has 17 heavy (non-hydrogen) atoms. The summed E-state index contributed by atoms with van der Waals surface area (Å²) in [7, 11) is 0. The molecule has 2 aromatic heterocycles. The fourth-order valence-corrected chi connectivity index (χ4v) is 1.41. The Kier molecular flexibility index (Phi) is 3.52. The zero-order chi connectivity index (χ0) is 12.1. The molecule has 0 aliphatic carbocycles. The van der Waals surface area contributed by atoms with Crippen LogP contribution in [0.1, 0.15) is 21.8 Å². The van der Waals surface area contributed by atoms with E-state index in [0.29, 0.717) is 30.1 Å². The summed E-state index contributed by atoms with van der Waals surface area (Å²) in [6, 6.07) is 6.91. The van der Waals surface area contributed by atoms with Crippen LogP contribution in [0.4, 0.5) is 0 Å². The molecule has 0 aliphatic heterocycles. The molecule has 5 nitrogen and oxygen atoms in total. The molecule has 2 rings (SSSR count). The summed E-state index contributed by atoms with van der Waals surface area (Å²) in [4.78, 5) is 15.8. The van der Waals surface area contributed by atoms with Crippen molar-refractivity contribution in [2.24, 2.45) is 5.73 Å². The fraction of sp³-hybridized carbons (Fsp3) is 0.167. The van der Waals surface area contributed by atoms with Crippen molar-refractivity contribution < 1.29 is 9.21 Å². The van der Waals surface area contributed by atoms with Crippen molar-refractivity contribution in [1.29, 1.82) is 0 Å². The maximum atomic E-state index is 11.8. The number of pyridine rings is 1. The maximum Gasteiger partial charge on any atom is 0.251 e. The predicted molar refractivity (Wildman–Crippen MR) is 62.0 cm³/mol. The van der Waals surface area contributed by atoms with Gasteiger partial charge in [-0.1, -0.05) is 0 Å². The number of furan rings is 1. The quantitative estimate of drug-likeness (QED) is 0.824. The van der Waals surface area contributed by atoms with Gasteiger partial charge < -0.3 is 15.5 Å². The first-order valence-corrected chi connectivity index (χ1v) is 5.25. The van der Waals surface area contributed by atoms with Crippen molar-refractivity contribution in [3.63, 3.8) is 0 Å². The molecule has 0 saturated heterocycles. The Labute approximate surface area is 98.6 Å². The van der Waals surface area contributed by atoms with Gasteiger partial charge in [-0.25, -0.2) is 0 Å². The molecule has 5 heteroatoms. The van der Waals surface area contributed by atoms with E-state index in [9.17, 15) is 4.79 Å². The highest BCUT2D eigenvalue weighted by Gasteiger charge is 2.06. The number of rotatable bonds is 4. The molecule has 0 radical (unpaired) electrons. The minimum absolute atomic E-state index is 0.168. The topological polar surface area (TPSA) is 81.2 Å². The second kappa shape index (κ2) is 5.27. The van der Waals surface area contributed by atoms with Crippen LogP contribution in [0.25, 0.3) is 0 Å². The molecule has 2 aromatic rings. The number of nitrogens with one attached hydrogen (secondary N) is 1. The van der Waals surface area contributed by atoms with Gasteiger partial charge in [0.05, 0.1) is 18.5 Å². The molecule has 88 valence electrons. The lowest BCUT2D eigenvalue weighted by atomic mass is 10.2. The van der Waals surface area contributed by atoms with Crippen LogP contribution in [0.2, 0.25) is 0 Å². The van der Waals surface area contributed by atoms with E-state index >= 15 is 0 Å². The Balaban J connectivity index is 1.99. The number of aromatic nitrogens is 1. The Bertz CT molecular complexity index is 494. The molecule has 0 unspecified atom stereocenters. The van der Waals surface area contributed by atoms with Crippen LogP contribution in [0, 0.1) is 0 Å². The lowest BCUT2D eigenvalue weighted by Gasteiger charge is -2.04. The zero-order valence-corrected chi connectivity index (χ0v) is 9.22. The lowest BCUT2D eigenvalue weighted by molar-refractivity contribution is 0.0948. The third-order valence-electron chi connectivity index (χ3n) is 2.29. The van der Waals surface area contributed by atoms with Gasteiger partial charge in [0.15, 0.2) is 0 Å². The summed E-state index contributed by atoms with van der Waals surface area (Å²) in [6.07, 6.45) is 3.14. The Morgan fingerprint density at radius 2 is 2.35 bits per heavy atom. The normalized spacial score (nSPS) is 10.2. The number of carbonyl (C=O) groups is 1. The van der Waals surface area contributed by atoms with Crippen LogP contribution in [0.5, 0.6) is 0 Å². The fourth-order valence-electron chi connectivity index (χ4n) is 1.41. The molecule has 0 spiro atoms. The number of nitrogens with two attached hydrogens (primary N) is 1. The van der Waals surface area contributed by atoms with Crippen LogP contribution in [0.15, 0.2) is 41.1 Å². The molecular weight excluding hydrogens is 218 g/mol. The average molecular weight is 231 g/mol. The zero-order valence-electron chi connectivity index (χ0n) is 9.22. The van der Waals surface area contributed by atoms with Gasteiger partial charge in [-0.2, -0.15) is 0 Å². The van der Waals surface area contributed by atoms with E-state index in [-0.39, 0.29) is 5.91 Å². The predicted octanol–water partition coefficient (Wildman–Crippen LogP) is 1.06. The van der Waals surface area contributed by atoms with Crippen LogP contribution >= 0.6 is 0 Å². The van der Waals surface area contributed by atoms with Crippen molar-refractivity contribution in [3.05, 3.63) is 53.7 Å². The monoisotopic (exact) mass is 231 g/mol. The minimum atomic E-state index is -0.168. The number of hydrogen-bond acceptors (Lipinski definition) is 4. The summed E-state index contributed by atoms with van der Waals surface area (Å²) in [6.45, 7) is 0.686. The van der Waals surface area contributed by atoms with Crippen LogP contribution in [-0.4, -0.2) is 10.9 Å². The summed E-state index contributed by atoms with van der Waals surface area (Å²) >= 11 is 0. The van der Waals surface area contributed by atoms with Crippen molar-refractivity contribution in [3.8, 4) is 0 Å². The van der Waals surface area contributed by atoms with Gasteiger partial charge in [-0.3, -0.25) is 9.78 Å². The van der Waals surface area contributed by atoms with E-state index in [2.05, 4.69) is 10.3 Å². The van der Waals surface area contributed by atoms with E-state index in [1.807, 2.05) is 0 Å². The van der Waals surface area contributed by atoms with Gasteiger partial charge in [-0.15, -0.1) is 0 Å². The van der Waals surface area contributed by atoms with Gasteiger partial charge in [0.1, 0.15) is 5.76 Å². The van der Waals surface area contributed by atoms with Crippen molar-refractivity contribution in [2.45, 2.75) is 13.1 Å². The van der Waals surface area contributed by atoms with E-state index in [1.165, 1.54) is 0 Å². The molecule has 1 amide bonds. The highest BCUT2D eigenvalue weighted by atomic mass is 16.3. The van der Waals surface area contributed by atoms with Gasteiger partial charge in [0.2, 0.25) is 0 Å². The Hall–Kier alpha value is -2.14. The van der Waals surface area contributed by atoms with E-state index in [1.54, 1.807) is 36.7 Å². The second-order valence-corrected chi connectivity index (χ2v) is 3.50. The Morgan fingerprint density at radius 1 is 1.47 bits per heavy atom. The molecule has 3 N–H and O–H groups in total. The number of carbonyl (C=O) groups excluding carboxylic acids is 1. The Morgan fingerprint density at radius 3 is 3.06 bits per heavy atom. The molecule has 0 fully saturated rings. The summed E-state index contributed by atoms with van der Waals surface area (Å²) in [5.41, 5.74) is 6.70. The summed E-state index contributed by atoms with van der Waals surface area (Å²) < 4.78 is 5.12. The van der Waals surface area contributed by atoms with E-state index in [4.69, 9.17) is 10.2 Å². The second-order valence-electron chi connectivity index (χ2n) is 3.50. The first-order chi connectivity index (χ1) is 8.29. The van der Waals surface area contributed by atoms with Gasteiger partial charge >= 0.3 is 0 Å². The minimum Gasteiger partial charge on any atom is -0.467 e. The summed E-state index contributed by atoms with van der Waals surface area (Å²) in [5.74, 6) is 0.546. The average Bonchev–Trinajstić information content (AvgIpc) is 2.89. The van der Waals surface area contributed by atoms with Crippen LogP contribution in [0.3, 0.4) is 0 Å². The van der Waals surface area contributed by atoms with Gasteiger partial charge in [0.25, 0.3) is 5.91 Å². The highest BCUT2D eigenvalue weighted by Crippen LogP contribution is 2.03. The van der Waals surface area contributed by atoms with Crippen LogP contribution in [-0.2, 0) is 13.1 Å². The molecule has 0 bridgehead atoms. The van der Waals surface area contributed by atoms with E-state index in [0.717, 1.165) is 0 Å². The number of hydrogen-bond donors (Lipinski definition) is 2. The molecule has 0 atom stereocenters. The number of nitrogens with zero attached hydrogens (tertiary/aromatic N) is 1. The van der Waals surface area contributed by atoms with Crippen molar-refractivity contribution >= 4 is 5.91 Å². The molecule has 0 aromatic carbocycles. The molecular formula is C12H13N3O2. The highest BCUT2D eigenvalue weighted by molar-refractivity contribution is 5.94. The maximum absolute atomic E-state index is 11.8. The molecule has 0 saturated carbocycles. The van der Waals surface area contributed by atoms with Crippen molar-refractivity contribution in [1.82, 2.24) is 10.3 Å². The third-order valence-corrected chi connectivity index (χ3v) is 2.29. The first-order valence-electron chi connectivity index (χ1n) is 5.25. The van der Waals surface area contributed by atoms with Crippen molar-refractivity contribution in [2.75, 3.05) is 0 Å². The number of amides is 1. The standard InChI is InChI=1S/C12H13N3O2/c13-7-10-6-9(3-4-14-10)12(16)15-8-11-2-1-5-17-11/h1-6H,7-8,13H2,(H,15,16).